The zero-order valence-corrected chi connectivity index (χ0v) is 10.2. The van der Waals surface area contributed by atoms with Crippen molar-refractivity contribution in [2.75, 3.05) is 24.7 Å². The molecule has 0 aromatic heterocycles. The first-order valence-electron chi connectivity index (χ1n) is 5.72. The smallest absolute Gasteiger partial charge is 0.471 e. The van der Waals surface area contributed by atoms with Gasteiger partial charge in [-0.1, -0.05) is 0 Å². The highest BCUT2D eigenvalue weighted by atomic mass is 19.4. The van der Waals surface area contributed by atoms with Crippen LogP contribution in [0.1, 0.15) is 6.92 Å². The summed E-state index contributed by atoms with van der Waals surface area (Å²) in [4.78, 5) is 11.9. The van der Waals surface area contributed by atoms with Gasteiger partial charge in [0, 0.05) is 18.3 Å². The van der Waals surface area contributed by atoms with Gasteiger partial charge in [0.2, 0.25) is 0 Å². The average molecular weight is 275 g/mol. The van der Waals surface area contributed by atoms with Gasteiger partial charge in [-0.2, -0.15) is 13.2 Å². The zero-order valence-electron chi connectivity index (χ0n) is 10.2. The maximum absolute atomic E-state index is 12.5. The summed E-state index contributed by atoms with van der Waals surface area (Å²) >= 11 is 0. The Morgan fingerprint density at radius 1 is 1.26 bits per heavy atom. The average Bonchev–Trinajstić information content (AvgIpc) is 2.38. The number of hydrogen-bond acceptors (Lipinski definition) is 3. The van der Waals surface area contributed by atoms with Crippen LogP contribution in [0.3, 0.4) is 0 Å². The van der Waals surface area contributed by atoms with Crippen LogP contribution < -0.4 is 14.4 Å². The number of alkyl halides is 3. The van der Waals surface area contributed by atoms with Gasteiger partial charge in [0.1, 0.15) is 13.2 Å². The van der Waals surface area contributed by atoms with E-state index in [9.17, 15) is 18.0 Å². The number of amides is 1. The number of carbonyl (C=O) groups is 1. The number of halogens is 3. The van der Waals surface area contributed by atoms with E-state index in [4.69, 9.17) is 9.47 Å². The summed E-state index contributed by atoms with van der Waals surface area (Å²) in [5.41, 5.74) is 0.133. The first kappa shape index (κ1) is 13.5. The van der Waals surface area contributed by atoms with Crippen LogP contribution in [-0.4, -0.2) is 31.8 Å². The predicted octanol–water partition coefficient (Wildman–Crippen LogP) is 2.37. The third-order valence-corrected chi connectivity index (χ3v) is 2.64. The van der Waals surface area contributed by atoms with Crippen molar-refractivity contribution in [3.05, 3.63) is 18.2 Å². The van der Waals surface area contributed by atoms with Crippen molar-refractivity contribution in [1.29, 1.82) is 0 Å². The summed E-state index contributed by atoms with van der Waals surface area (Å²) in [6.45, 7) is 2.11. The number of rotatable bonds is 2. The van der Waals surface area contributed by atoms with Crippen LogP contribution in [0, 0.1) is 0 Å². The summed E-state index contributed by atoms with van der Waals surface area (Å²) < 4.78 is 47.9. The number of anilines is 1. The van der Waals surface area contributed by atoms with Crippen LogP contribution in [-0.2, 0) is 4.79 Å². The van der Waals surface area contributed by atoms with E-state index < -0.39 is 12.1 Å². The van der Waals surface area contributed by atoms with Gasteiger partial charge in [0.05, 0.1) is 0 Å². The van der Waals surface area contributed by atoms with E-state index in [1.165, 1.54) is 25.1 Å². The molecular formula is C12H12F3NO3. The lowest BCUT2D eigenvalue weighted by Gasteiger charge is -2.24. The monoisotopic (exact) mass is 275 g/mol. The molecule has 1 aliphatic rings. The van der Waals surface area contributed by atoms with Crippen molar-refractivity contribution in [2.24, 2.45) is 0 Å². The molecule has 1 aromatic rings. The zero-order chi connectivity index (χ0) is 14.0. The van der Waals surface area contributed by atoms with Crippen LogP contribution in [0.15, 0.2) is 18.2 Å². The molecule has 1 heterocycles. The summed E-state index contributed by atoms with van der Waals surface area (Å²) in [6.07, 6.45) is -4.90. The van der Waals surface area contributed by atoms with Gasteiger partial charge in [-0.25, -0.2) is 0 Å². The molecule has 0 spiro atoms. The number of benzene rings is 1. The Hall–Kier alpha value is -1.92. The molecular weight excluding hydrogens is 263 g/mol. The molecule has 0 aliphatic carbocycles. The highest BCUT2D eigenvalue weighted by molar-refractivity contribution is 5.97. The predicted molar refractivity (Wildman–Crippen MR) is 61.5 cm³/mol. The summed E-state index contributed by atoms with van der Waals surface area (Å²) in [5.74, 6) is -1.09. The molecule has 0 radical (unpaired) electrons. The molecule has 19 heavy (non-hydrogen) atoms. The minimum Gasteiger partial charge on any atom is -0.486 e. The van der Waals surface area contributed by atoms with Crippen LogP contribution >= 0.6 is 0 Å². The van der Waals surface area contributed by atoms with Crippen LogP contribution in [0.5, 0.6) is 11.5 Å². The standard InChI is InChI=1S/C12H12F3NO3/c1-2-16(11(17)12(13,14)15)8-3-4-9-10(7-8)19-6-5-18-9/h3-4,7H,2,5-6H2,1H3. The first-order chi connectivity index (χ1) is 8.93. The van der Waals surface area contributed by atoms with Crippen molar-refractivity contribution in [3.63, 3.8) is 0 Å². The minimum absolute atomic E-state index is 0.0853. The van der Waals surface area contributed by atoms with Crippen molar-refractivity contribution in [1.82, 2.24) is 0 Å². The van der Waals surface area contributed by atoms with E-state index >= 15 is 0 Å². The van der Waals surface area contributed by atoms with E-state index in [0.29, 0.717) is 29.6 Å². The third-order valence-electron chi connectivity index (χ3n) is 2.64. The maximum Gasteiger partial charge on any atom is 0.471 e. The number of carbonyl (C=O) groups excluding carboxylic acids is 1. The second kappa shape index (κ2) is 4.99. The largest absolute Gasteiger partial charge is 0.486 e. The lowest BCUT2D eigenvalue weighted by Crippen LogP contribution is -2.41. The number of nitrogens with zero attached hydrogens (tertiary/aromatic N) is 1. The second-order valence-electron chi connectivity index (χ2n) is 3.88. The molecule has 0 unspecified atom stereocenters. The van der Waals surface area contributed by atoms with Crippen molar-refractivity contribution in [3.8, 4) is 11.5 Å². The Bertz CT molecular complexity index is 488. The highest BCUT2D eigenvalue weighted by Crippen LogP contribution is 2.35. The maximum atomic E-state index is 12.5. The summed E-state index contributed by atoms with van der Waals surface area (Å²) in [5, 5.41) is 0. The molecule has 0 atom stereocenters. The molecule has 4 nitrogen and oxygen atoms in total. The van der Waals surface area contributed by atoms with Gasteiger partial charge in [-0.3, -0.25) is 4.79 Å². The molecule has 7 heteroatoms. The highest BCUT2D eigenvalue weighted by Gasteiger charge is 2.42. The molecule has 1 amide bonds. The van der Waals surface area contributed by atoms with E-state index in [1.54, 1.807) is 0 Å². The Kier molecular flexibility index (Phi) is 3.55. The topological polar surface area (TPSA) is 38.8 Å². The van der Waals surface area contributed by atoms with E-state index in [1.807, 2.05) is 0 Å². The quantitative estimate of drug-likeness (QED) is 0.831. The number of fused-ring (bicyclic) bond motifs is 1. The van der Waals surface area contributed by atoms with Crippen molar-refractivity contribution in [2.45, 2.75) is 13.1 Å². The lowest BCUT2D eigenvalue weighted by molar-refractivity contribution is -0.170. The molecule has 2 rings (SSSR count). The summed E-state index contributed by atoms with van der Waals surface area (Å²) in [7, 11) is 0. The molecule has 0 saturated carbocycles. The van der Waals surface area contributed by atoms with E-state index in [-0.39, 0.29) is 12.2 Å². The van der Waals surface area contributed by atoms with Gasteiger partial charge < -0.3 is 14.4 Å². The van der Waals surface area contributed by atoms with Crippen LogP contribution in [0.2, 0.25) is 0 Å². The lowest BCUT2D eigenvalue weighted by atomic mass is 10.2. The molecule has 0 N–H and O–H groups in total. The normalized spacial score (nSPS) is 14.1. The van der Waals surface area contributed by atoms with E-state index in [2.05, 4.69) is 0 Å². The van der Waals surface area contributed by atoms with Gasteiger partial charge in [0.15, 0.2) is 11.5 Å². The van der Waals surface area contributed by atoms with Crippen LogP contribution in [0.4, 0.5) is 18.9 Å². The first-order valence-corrected chi connectivity index (χ1v) is 5.72. The van der Waals surface area contributed by atoms with Crippen molar-refractivity contribution >= 4 is 11.6 Å². The van der Waals surface area contributed by atoms with Gasteiger partial charge in [-0.05, 0) is 19.1 Å². The second-order valence-corrected chi connectivity index (χ2v) is 3.88. The Morgan fingerprint density at radius 2 is 1.89 bits per heavy atom. The number of hydrogen-bond donors (Lipinski definition) is 0. The fraction of sp³-hybridized carbons (Fsp3) is 0.417. The molecule has 104 valence electrons. The fourth-order valence-electron chi connectivity index (χ4n) is 1.80. The molecule has 0 saturated heterocycles. The molecule has 1 aliphatic heterocycles. The Labute approximate surface area is 107 Å². The van der Waals surface area contributed by atoms with Gasteiger partial charge >= 0.3 is 12.1 Å². The molecule has 0 fully saturated rings. The Morgan fingerprint density at radius 3 is 2.47 bits per heavy atom. The van der Waals surface area contributed by atoms with Gasteiger partial charge in [0.25, 0.3) is 0 Å². The SMILES string of the molecule is CCN(C(=O)C(F)(F)F)c1ccc2c(c1)OCCO2. The van der Waals surface area contributed by atoms with Crippen molar-refractivity contribution < 1.29 is 27.4 Å². The summed E-state index contributed by atoms with van der Waals surface area (Å²) in [6, 6.07) is 4.28. The van der Waals surface area contributed by atoms with Crippen LogP contribution in [0.25, 0.3) is 0 Å². The van der Waals surface area contributed by atoms with Gasteiger partial charge in [-0.15, -0.1) is 0 Å². The van der Waals surface area contributed by atoms with E-state index in [0.717, 1.165) is 0 Å². The molecule has 0 bridgehead atoms. The Balaban J connectivity index is 2.31. The minimum atomic E-state index is -4.90. The third kappa shape index (κ3) is 2.74. The molecule has 1 aromatic carbocycles. The fourth-order valence-corrected chi connectivity index (χ4v) is 1.80. The number of ether oxygens (including phenoxy) is 2.